The molecule has 0 aliphatic heterocycles. The van der Waals surface area contributed by atoms with E-state index in [1.807, 2.05) is 6.92 Å². The van der Waals surface area contributed by atoms with Crippen molar-refractivity contribution in [3.63, 3.8) is 0 Å². The summed E-state index contributed by atoms with van der Waals surface area (Å²) in [5, 5.41) is 8.57. The lowest BCUT2D eigenvalue weighted by Gasteiger charge is -2.14. The molecule has 214 valence electrons. The molecular formula is C26H24F2N6O5S2. The molecule has 0 radical (unpaired) electrons. The Bertz CT molecular complexity index is 1960. The van der Waals surface area contributed by atoms with Gasteiger partial charge in [-0.25, -0.2) is 30.5 Å². The molecule has 0 bridgehead atoms. The van der Waals surface area contributed by atoms with Crippen LogP contribution in [-0.2, 0) is 20.0 Å². The Kier molecular flexibility index (Phi) is 6.74. The van der Waals surface area contributed by atoms with Crippen LogP contribution in [0.25, 0.3) is 16.8 Å². The van der Waals surface area contributed by atoms with Gasteiger partial charge in [0.2, 0.25) is 10.0 Å². The maximum atomic E-state index is 13.4. The number of nitrogens with zero attached hydrogens (tertiary/aromatic N) is 5. The van der Waals surface area contributed by atoms with E-state index >= 15 is 0 Å². The minimum atomic E-state index is -3.92. The number of alkyl halides is 2. The van der Waals surface area contributed by atoms with E-state index in [4.69, 9.17) is 0 Å². The summed E-state index contributed by atoms with van der Waals surface area (Å²) in [5.74, 6) is 0.273. The zero-order chi connectivity index (χ0) is 28.9. The average Bonchev–Trinajstić information content (AvgIpc) is 3.66. The van der Waals surface area contributed by atoms with Crippen LogP contribution < -0.4 is 9.46 Å². The number of halogens is 2. The Labute approximate surface area is 233 Å². The van der Waals surface area contributed by atoms with Crippen LogP contribution in [0.4, 0.5) is 8.78 Å². The number of hydrogen-bond donors (Lipinski definition) is 1. The van der Waals surface area contributed by atoms with Gasteiger partial charge < -0.3 is 4.74 Å². The Morgan fingerprint density at radius 2 is 1.66 bits per heavy atom. The lowest BCUT2D eigenvalue weighted by Crippen LogP contribution is -2.33. The molecule has 5 aromatic rings. The molecule has 3 aromatic heterocycles. The third-order valence-corrected chi connectivity index (χ3v) is 10.3. The van der Waals surface area contributed by atoms with Gasteiger partial charge in [-0.1, -0.05) is 17.7 Å². The number of hydrogen-bond acceptors (Lipinski definition) is 8. The van der Waals surface area contributed by atoms with Gasteiger partial charge >= 0.3 is 6.61 Å². The molecule has 1 saturated carbocycles. The molecule has 41 heavy (non-hydrogen) atoms. The van der Waals surface area contributed by atoms with Gasteiger partial charge in [-0.2, -0.15) is 8.78 Å². The Morgan fingerprint density at radius 1 is 0.951 bits per heavy atom. The SMILES string of the molecule is Cc1ccc(S(=O)(=O)n2ccc3c2ncc2nnc([C@@H]4CC[C@H](NS(=O)(=O)c5ccc(OC(F)F)cc5)C4)n23)cc1. The van der Waals surface area contributed by atoms with Crippen molar-refractivity contribution in [3.05, 3.63) is 78.4 Å². The summed E-state index contributed by atoms with van der Waals surface area (Å²) in [5.41, 5.74) is 2.10. The standard InChI is InChI=1S/C26H24F2N6O5S2/c1-16-2-8-21(9-3-16)41(37,38)33-13-12-22-25(33)29-15-23-30-31-24(34(22)23)17-4-5-18(14-17)32-40(35,36)20-10-6-19(7-11-20)39-26(27)28/h2-3,6-13,15,17-18,26,32H,4-5,14H2,1H3/t17-,18+/m1/s1. The molecule has 1 aliphatic rings. The maximum absolute atomic E-state index is 13.4. The molecule has 0 saturated heterocycles. The average molecular weight is 603 g/mol. The highest BCUT2D eigenvalue weighted by Gasteiger charge is 2.33. The second kappa shape index (κ2) is 10.2. The van der Waals surface area contributed by atoms with Crippen LogP contribution in [0.1, 0.15) is 36.6 Å². The minimum Gasteiger partial charge on any atom is -0.435 e. The second-order valence-corrected chi connectivity index (χ2v) is 13.4. The van der Waals surface area contributed by atoms with Gasteiger partial charge in [0.1, 0.15) is 11.6 Å². The number of aromatic nitrogens is 5. The normalized spacial score (nSPS) is 18.0. The fraction of sp³-hybridized carbons (Fsp3) is 0.269. The number of nitrogens with one attached hydrogen (secondary N) is 1. The van der Waals surface area contributed by atoms with Crippen LogP contribution in [0.3, 0.4) is 0 Å². The molecule has 11 nitrogen and oxygen atoms in total. The number of rotatable bonds is 8. The predicted octanol–water partition coefficient (Wildman–Crippen LogP) is 3.84. The van der Waals surface area contributed by atoms with Crippen LogP contribution in [0.15, 0.2) is 76.8 Å². The Morgan fingerprint density at radius 3 is 2.37 bits per heavy atom. The zero-order valence-corrected chi connectivity index (χ0v) is 23.2. The van der Waals surface area contributed by atoms with Gasteiger partial charge in [0, 0.05) is 18.2 Å². The number of aryl methyl sites for hydroxylation is 1. The minimum absolute atomic E-state index is 0.0700. The van der Waals surface area contributed by atoms with Gasteiger partial charge in [0.05, 0.1) is 21.5 Å². The number of fused-ring (bicyclic) bond motifs is 3. The van der Waals surface area contributed by atoms with E-state index in [1.165, 1.54) is 36.7 Å². The summed E-state index contributed by atoms with van der Waals surface area (Å²) >= 11 is 0. The summed E-state index contributed by atoms with van der Waals surface area (Å²) in [6.07, 6.45) is 4.47. The lowest BCUT2D eigenvalue weighted by molar-refractivity contribution is -0.0498. The monoisotopic (exact) mass is 602 g/mol. The van der Waals surface area contributed by atoms with Gasteiger partial charge in [-0.05, 0) is 68.7 Å². The third-order valence-electron chi connectivity index (χ3n) is 7.12. The van der Waals surface area contributed by atoms with E-state index in [0.717, 1.165) is 9.54 Å². The van der Waals surface area contributed by atoms with Crippen molar-refractivity contribution < 1.29 is 30.4 Å². The van der Waals surface area contributed by atoms with E-state index in [-0.39, 0.29) is 27.1 Å². The van der Waals surface area contributed by atoms with Crippen molar-refractivity contribution in [3.8, 4) is 5.75 Å². The zero-order valence-electron chi connectivity index (χ0n) is 21.6. The van der Waals surface area contributed by atoms with Crippen LogP contribution >= 0.6 is 0 Å². The molecule has 15 heteroatoms. The smallest absolute Gasteiger partial charge is 0.387 e. The summed E-state index contributed by atoms with van der Waals surface area (Å²) < 4.78 is 87.3. The van der Waals surface area contributed by atoms with Crippen molar-refractivity contribution in [1.82, 2.24) is 28.3 Å². The fourth-order valence-corrected chi connectivity index (χ4v) is 7.73. The van der Waals surface area contributed by atoms with E-state index in [0.29, 0.717) is 36.3 Å². The Hall–Kier alpha value is -3.95. The predicted molar refractivity (Wildman–Crippen MR) is 144 cm³/mol. The molecule has 0 unspecified atom stereocenters. The summed E-state index contributed by atoms with van der Waals surface area (Å²) in [6, 6.07) is 12.5. The molecular weight excluding hydrogens is 578 g/mol. The molecule has 3 heterocycles. The molecule has 1 N–H and O–H groups in total. The highest BCUT2D eigenvalue weighted by Crippen LogP contribution is 2.35. The lowest BCUT2D eigenvalue weighted by atomic mass is 10.1. The fourth-order valence-electron chi connectivity index (χ4n) is 5.15. The number of sulfonamides is 1. The summed E-state index contributed by atoms with van der Waals surface area (Å²) in [4.78, 5) is 4.42. The van der Waals surface area contributed by atoms with E-state index in [2.05, 4.69) is 24.6 Å². The first-order valence-electron chi connectivity index (χ1n) is 12.6. The van der Waals surface area contributed by atoms with Crippen LogP contribution in [0, 0.1) is 6.92 Å². The molecule has 2 aromatic carbocycles. The summed E-state index contributed by atoms with van der Waals surface area (Å²) in [6.45, 7) is -1.13. The van der Waals surface area contributed by atoms with Crippen LogP contribution in [-0.4, -0.2) is 53.0 Å². The Balaban J connectivity index is 1.26. The molecule has 6 rings (SSSR count). The van der Waals surface area contributed by atoms with Gasteiger partial charge in [0.25, 0.3) is 10.0 Å². The van der Waals surface area contributed by atoms with Crippen LogP contribution in [0.2, 0.25) is 0 Å². The highest BCUT2D eigenvalue weighted by atomic mass is 32.2. The van der Waals surface area contributed by atoms with Gasteiger partial charge in [-0.15, -0.1) is 10.2 Å². The number of benzene rings is 2. The number of ether oxygens (including phenoxy) is 1. The van der Waals surface area contributed by atoms with Crippen LogP contribution in [0.5, 0.6) is 5.75 Å². The molecule has 1 fully saturated rings. The molecule has 1 aliphatic carbocycles. The third kappa shape index (κ3) is 5.04. The first-order chi connectivity index (χ1) is 19.5. The quantitative estimate of drug-likeness (QED) is 0.283. The van der Waals surface area contributed by atoms with Crippen molar-refractivity contribution >= 4 is 36.9 Å². The molecule has 0 amide bonds. The first-order valence-corrected chi connectivity index (χ1v) is 15.6. The topological polar surface area (TPSA) is 138 Å². The summed E-state index contributed by atoms with van der Waals surface area (Å²) in [7, 11) is -7.82. The van der Waals surface area contributed by atoms with E-state index in [1.54, 1.807) is 34.7 Å². The van der Waals surface area contributed by atoms with Crippen molar-refractivity contribution in [1.29, 1.82) is 0 Å². The maximum Gasteiger partial charge on any atom is 0.387 e. The van der Waals surface area contributed by atoms with Crippen molar-refractivity contribution in [2.45, 2.75) is 54.5 Å². The largest absolute Gasteiger partial charge is 0.435 e. The van der Waals surface area contributed by atoms with E-state index < -0.39 is 32.7 Å². The highest BCUT2D eigenvalue weighted by molar-refractivity contribution is 7.90. The van der Waals surface area contributed by atoms with Crippen molar-refractivity contribution in [2.75, 3.05) is 0 Å². The van der Waals surface area contributed by atoms with Gasteiger partial charge in [0.15, 0.2) is 11.3 Å². The molecule has 0 spiro atoms. The van der Waals surface area contributed by atoms with E-state index in [9.17, 15) is 25.6 Å². The van der Waals surface area contributed by atoms with Crippen molar-refractivity contribution in [2.24, 2.45) is 0 Å². The molecule has 2 atom stereocenters. The first kappa shape index (κ1) is 27.2. The van der Waals surface area contributed by atoms with Gasteiger partial charge in [-0.3, -0.25) is 4.40 Å². The second-order valence-electron chi connectivity index (χ2n) is 9.83.